The van der Waals surface area contributed by atoms with Crippen LogP contribution < -0.4 is 4.72 Å². The molecule has 2 rings (SSSR count). The first kappa shape index (κ1) is 18.4. The van der Waals surface area contributed by atoms with Gasteiger partial charge in [0.1, 0.15) is 11.9 Å². The minimum Gasteiger partial charge on any atom is -0.468 e. The Morgan fingerprint density at radius 1 is 1.25 bits per heavy atom. The van der Waals surface area contributed by atoms with Crippen LogP contribution in [0.2, 0.25) is 5.02 Å². The number of carbonyl (C=O) groups excluding carboxylic acids is 1. The molecule has 0 radical (unpaired) electrons. The number of rotatable bonds is 6. The largest absolute Gasteiger partial charge is 0.468 e. The number of benzene rings is 2. The lowest BCUT2D eigenvalue weighted by Gasteiger charge is -2.17. The van der Waals surface area contributed by atoms with Crippen LogP contribution in [-0.4, -0.2) is 27.5 Å². The molecule has 1 N–H and O–H groups in total. The highest BCUT2D eigenvalue weighted by atomic mass is 35.5. The van der Waals surface area contributed by atoms with Gasteiger partial charge >= 0.3 is 5.97 Å². The maximum Gasteiger partial charge on any atom is 0.324 e. The van der Waals surface area contributed by atoms with Gasteiger partial charge in [-0.25, -0.2) is 12.8 Å². The molecule has 0 aromatic heterocycles. The van der Waals surface area contributed by atoms with E-state index < -0.39 is 27.9 Å². The second-order valence-electron chi connectivity index (χ2n) is 4.96. The van der Waals surface area contributed by atoms with Gasteiger partial charge in [-0.3, -0.25) is 4.79 Å². The topological polar surface area (TPSA) is 72.5 Å². The summed E-state index contributed by atoms with van der Waals surface area (Å²) in [5.74, 6) is -1.46. The Morgan fingerprint density at radius 2 is 1.92 bits per heavy atom. The van der Waals surface area contributed by atoms with Crippen molar-refractivity contribution in [1.82, 2.24) is 4.72 Å². The molecule has 128 valence electrons. The number of esters is 1. The maximum absolute atomic E-state index is 13.2. The monoisotopic (exact) mass is 371 g/mol. The predicted molar refractivity (Wildman–Crippen MR) is 87.7 cm³/mol. The van der Waals surface area contributed by atoms with E-state index in [9.17, 15) is 17.6 Å². The first-order valence-electron chi connectivity index (χ1n) is 6.92. The number of sulfonamides is 1. The van der Waals surface area contributed by atoms with Crippen molar-refractivity contribution in [3.05, 3.63) is 64.9 Å². The molecule has 0 bridgehead atoms. The molecule has 0 heterocycles. The molecule has 0 saturated carbocycles. The van der Waals surface area contributed by atoms with Crippen LogP contribution in [0.4, 0.5) is 4.39 Å². The van der Waals surface area contributed by atoms with Crippen molar-refractivity contribution in [3.8, 4) is 0 Å². The number of ether oxygens (including phenoxy) is 1. The number of carbonyl (C=O) groups is 1. The molecule has 2 aromatic rings. The van der Waals surface area contributed by atoms with E-state index in [0.29, 0.717) is 0 Å². The second-order valence-corrected chi connectivity index (χ2v) is 7.08. The summed E-state index contributed by atoms with van der Waals surface area (Å²) in [5.41, 5.74) is 0.757. The summed E-state index contributed by atoms with van der Waals surface area (Å²) in [4.78, 5) is 11.7. The summed E-state index contributed by atoms with van der Waals surface area (Å²) in [6, 6.07) is 10.8. The van der Waals surface area contributed by atoms with E-state index in [1.807, 2.05) is 0 Å². The van der Waals surface area contributed by atoms with E-state index in [0.717, 1.165) is 23.8 Å². The Morgan fingerprint density at radius 3 is 2.50 bits per heavy atom. The normalized spacial score (nSPS) is 12.6. The molecule has 0 aliphatic heterocycles. The van der Waals surface area contributed by atoms with Crippen LogP contribution in [0.5, 0.6) is 0 Å². The van der Waals surface area contributed by atoms with Crippen molar-refractivity contribution in [2.24, 2.45) is 0 Å². The second kappa shape index (κ2) is 7.74. The molecule has 0 aliphatic rings. The fourth-order valence-corrected chi connectivity index (χ4v) is 3.52. The number of nitrogens with one attached hydrogen (secondary N) is 1. The standard InChI is InChI=1S/C16H15ClFNO4S/c1-23-16(20)15(9-11-5-3-2-4-6-11)19-24(21,22)12-7-8-14(18)13(17)10-12/h2-8,10,15,19H,9H2,1H3. The Balaban J connectivity index is 2.27. The molecule has 8 heteroatoms. The van der Waals surface area contributed by atoms with Gasteiger partial charge in [-0.15, -0.1) is 0 Å². The van der Waals surface area contributed by atoms with Gasteiger partial charge in [-0.05, 0) is 30.2 Å². The van der Waals surface area contributed by atoms with Crippen LogP contribution in [-0.2, 0) is 26.0 Å². The van der Waals surface area contributed by atoms with Crippen LogP contribution in [0.25, 0.3) is 0 Å². The molecule has 5 nitrogen and oxygen atoms in total. The predicted octanol–water partition coefficient (Wildman–Crippen LogP) is 2.54. The quantitative estimate of drug-likeness (QED) is 0.792. The first-order chi connectivity index (χ1) is 11.3. The molecule has 0 fully saturated rings. The van der Waals surface area contributed by atoms with Crippen molar-refractivity contribution in [2.75, 3.05) is 7.11 Å². The molecular formula is C16H15ClFNO4S. The highest BCUT2D eigenvalue weighted by Gasteiger charge is 2.27. The lowest BCUT2D eigenvalue weighted by atomic mass is 10.1. The lowest BCUT2D eigenvalue weighted by molar-refractivity contribution is -0.142. The molecule has 24 heavy (non-hydrogen) atoms. The van der Waals surface area contributed by atoms with Gasteiger partial charge in [-0.1, -0.05) is 41.9 Å². The van der Waals surface area contributed by atoms with Crippen molar-refractivity contribution in [1.29, 1.82) is 0 Å². The Bertz CT molecular complexity index is 827. The maximum atomic E-state index is 13.2. The third-order valence-electron chi connectivity index (χ3n) is 3.27. The SMILES string of the molecule is COC(=O)C(Cc1ccccc1)NS(=O)(=O)c1ccc(F)c(Cl)c1. The van der Waals surface area contributed by atoms with Crippen molar-refractivity contribution in [2.45, 2.75) is 17.4 Å². The number of hydrogen-bond acceptors (Lipinski definition) is 4. The zero-order chi connectivity index (χ0) is 17.7. The minimum atomic E-state index is -4.08. The van der Waals surface area contributed by atoms with Crippen molar-refractivity contribution >= 4 is 27.6 Å². The highest BCUT2D eigenvalue weighted by molar-refractivity contribution is 7.89. The zero-order valence-corrected chi connectivity index (χ0v) is 14.3. The first-order valence-corrected chi connectivity index (χ1v) is 8.79. The van der Waals surface area contributed by atoms with Crippen LogP contribution in [0, 0.1) is 5.82 Å². The fraction of sp³-hybridized carbons (Fsp3) is 0.188. The Hall–Kier alpha value is -1.96. The van der Waals surface area contributed by atoms with E-state index in [4.69, 9.17) is 11.6 Å². The van der Waals surface area contributed by atoms with Gasteiger partial charge in [0, 0.05) is 0 Å². The van der Waals surface area contributed by atoms with E-state index in [2.05, 4.69) is 9.46 Å². The summed E-state index contributed by atoms with van der Waals surface area (Å²) in [6.07, 6.45) is 0.113. The highest BCUT2D eigenvalue weighted by Crippen LogP contribution is 2.20. The van der Waals surface area contributed by atoms with E-state index in [1.165, 1.54) is 7.11 Å². The number of hydrogen-bond donors (Lipinski definition) is 1. The number of methoxy groups -OCH3 is 1. The van der Waals surface area contributed by atoms with E-state index in [1.54, 1.807) is 30.3 Å². The van der Waals surface area contributed by atoms with Gasteiger partial charge in [0.25, 0.3) is 0 Å². The summed E-state index contributed by atoms with van der Waals surface area (Å²) < 4.78 is 45.0. The van der Waals surface area contributed by atoms with Gasteiger partial charge in [0.2, 0.25) is 10.0 Å². The van der Waals surface area contributed by atoms with Gasteiger partial charge in [0.05, 0.1) is 17.0 Å². The molecule has 2 aromatic carbocycles. The lowest BCUT2D eigenvalue weighted by Crippen LogP contribution is -2.43. The molecule has 0 aliphatic carbocycles. The summed E-state index contributed by atoms with van der Waals surface area (Å²) in [6.45, 7) is 0. The molecule has 1 atom stereocenters. The number of halogens is 2. The van der Waals surface area contributed by atoms with Gasteiger partial charge in [0.15, 0.2) is 0 Å². The minimum absolute atomic E-state index is 0.113. The molecule has 0 spiro atoms. The van der Waals surface area contributed by atoms with Crippen LogP contribution in [0.15, 0.2) is 53.4 Å². The average molecular weight is 372 g/mol. The van der Waals surface area contributed by atoms with Crippen LogP contribution >= 0.6 is 11.6 Å². The molecule has 1 unspecified atom stereocenters. The van der Waals surface area contributed by atoms with Gasteiger partial charge < -0.3 is 4.74 Å². The summed E-state index contributed by atoms with van der Waals surface area (Å²) in [7, 11) is -2.91. The van der Waals surface area contributed by atoms with E-state index >= 15 is 0 Å². The van der Waals surface area contributed by atoms with Crippen molar-refractivity contribution in [3.63, 3.8) is 0 Å². The molecule has 0 saturated heterocycles. The summed E-state index contributed by atoms with van der Waals surface area (Å²) >= 11 is 5.62. The third kappa shape index (κ3) is 4.53. The average Bonchev–Trinajstić information content (AvgIpc) is 2.56. The van der Waals surface area contributed by atoms with Crippen molar-refractivity contribution < 1.29 is 22.3 Å². The smallest absolute Gasteiger partial charge is 0.324 e. The zero-order valence-electron chi connectivity index (χ0n) is 12.7. The van der Waals surface area contributed by atoms with Crippen LogP contribution in [0.1, 0.15) is 5.56 Å². The van der Waals surface area contributed by atoms with Crippen LogP contribution in [0.3, 0.4) is 0 Å². The fourth-order valence-electron chi connectivity index (χ4n) is 2.06. The van der Waals surface area contributed by atoms with Gasteiger partial charge in [-0.2, -0.15) is 4.72 Å². The Kier molecular flexibility index (Phi) is 5.93. The molecular weight excluding hydrogens is 357 g/mol. The van der Waals surface area contributed by atoms with E-state index in [-0.39, 0.29) is 16.3 Å². The summed E-state index contributed by atoms with van der Waals surface area (Å²) in [5, 5.41) is -0.324. The molecule has 0 amide bonds. The third-order valence-corrected chi connectivity index (χ3v) is 5.03. The Labute approximate surface area is 144 Å².